The van der Waals surface area contributed by atoms with Crippen molar-refractivity contribution >= 4 is 23.2 Å². The minimum Gasteiger partial charge on any atom is -0.378 e. The van der Waals surface area contributed by atoms with Gasteiger partial charge in [0.1, 0.15) is 6.67 Å². The molecule has 120 valence electrons. The number of rotatable bonds is 5. The third-order valence-electron chi connectivity index (χ3n) is 3.19. The minimum absolute atomic E-state index is 0.287. The van der Waals surface area contributed by atoms with Crippen molar-refractivity contribution < 1.29 is 19.1 Å². The van der Waals surface area contributed by atoms with Crippen molar-refractivity contribution in [3.8, 4) is 0 Å². The first-order chi connectivity index (χ1) is 10.9. The van der Waals surface area contributed by atoms with Crippen molar-refractivity contribution in [3.05, 3.63) is 60.2 Å². The van der Waals surface area contributed by atoms with Gasteiger partial charge in [-0.25, -0.2) is 4.39 Å². The van der Waals surface area contributed by atoms with E-state index in [1.165, 1.54) is 24.3 Å². The molecule has 0 aliphatic rings. The summed E-state index contributed by atoms with van der Waals surface area (Å²) < 4.78 is 12.5. The molecule has 0 saturated carbocycles. The summed E-state index contributed by atoms with van der Waals surface area (Å²) in [7, 11) is 0. The molecule has 0 aromatic heterocycles. The highest BCUT2D eigenvalue weighted by Gasteiger charge is 2.30. The molecule has 0 heterocycles. The quantitative estimate of drug-likeness (QED) is 0.793. The van der Waals surface area contributed by atoms with Gasteiger partial charge < -0.3 is 15.7 Å². The zero-order valence-electron chi connectivity index (χ0n) is 12.5. The molecule has 1 unspecified atom stereocenters. The third-order valence-corrected chi connectivity index (χ3v) is 3.19. The Morgan fingerprint density at radius 3 is 2.13 bits per heavy atom. The summed E-state index contributed by atoms with van der Waals surface area (Å²) >= 11 is 0. The number of hydrogen-bond acceptors (Lipinski definition) is 3. The molecule has 2 aromatic rings. The number of aliphatic hydroxyl groups is 1. The number of nitrogens with one attached hydrogen (secondary N) is 2. The average molecular weight is 316 g/mol. The molecule has 3 N–H and O–H groups in total. The third kappa shape index (κ3) is 4.37. The molecule has 6 heteroatoms. The summed E-state index contributed by atoms with van der Waals surface area (Å²) in [5.41, 5.74) is -0.637. The van der Waals surface area contributed by atoms with Crippen LogP contribution in [0.4, 0.5) is 15.8 Å². The summed E-state index contributed by atoms with van der Waals surface area (Å²) in [5, 5.41) is 14.6. The zero-order valence-corrected chi connectivity index (χ0v) is 12.5. The predicted molar refractivity (Wildman–Crippen MR) is 86.1 cm³/mol. The van der Waals surface area contributed by atoms with E-state index in [-0.39, 0.29) is 5.91 Å². The fourth-order valence-corrected chi connectivity index (χ4v) is 1.76. The number of alkyl halides is 1. The van der Waals surface area contributed by atoms with E-state index in [4.69, 9.17) is 0 Å². The average Bonchev–Trinajstić information content (AvgIpc) is 2.56. The smallest absolute Gasteiger partial charge is 0.258 e. The Morgan fingerprint density at radius 1 is 1.00 bits per heavy atom. The summed E-state index contributed by atoms with van der Waals surface area (Å²) in [5.74, 6) is -1.13. The van der Waals surface area contributed by atoms with E-state index >= 15 is 0 Å². The van der Waals surface area contributed by atoms with Crippen molar-refractivity contribution in [2.45, 2.75) is 12.5 Å². The van der Waals surface area contributed by atoms with Crippen molar-refractivity contribution in [2.75, 3.05) is 17.3 Å². The second-order valence-electron chi connectivity index (χ2n) is 5.26. The summed E-state index contributed by atoms with van der Waals surface area (Å²) in [4.78, 5) is 23.7. The van der Waals surface area contributed by atoms with Gasteiger partial charge in [0.25, 0.3) is 11.8 Å². The number of hydrogen-bond donors (Lipinski definition) is 3. The number of para-hydroxylation sites is 1. The maximum absolute atomic E-state index is 12.5. The molecule has 1 atom stereocenters. The van der Waals surface area contributed by atoms with Crippen molar-refractivity contribution in [2.24, 2.45) is 0 Å². The molecule has 0 bridgehead atoms. The molecule has 0 fully saturated rings. The number of amides is 2. The van der Waals surface area contributed by atoms with Crippen LogP contribution in [-0.2, 0) is 4.79 Å². The van der Waals surface area contributed by atoms with Gasteiger partial charge >= 0.3 is 0 Å². The van der Waals surface area contributed by atoms with Gasteiger partial charge in [0.05, 0.1) is 0 Å². The Kier molecular flexibility index (Phi) is 5.08. The van der Waals surface area contributed by atoms with Crippen LogP contribution in [0.15, 0.2) is 54.6 Å². The molecule has 23 heavy (non-hydrogen) atoms. The SMILES string of the molecule is CC(O)(CF)C(=O)Nc1ccc(C(=O)Nc2ccccc2)cc1. The molecule has 2 aromatic carbocycles. The zero-order chi connectivity index (χ0) is 16.9. The van der Waals surface area contributed by atoms with E-state index in [0.717, 1.165) is 6.92 Å². The van der Waals surface area contributed by atoms with Gasteiger partial charge in [0.15, 0.2) is 5.60 Å². The van der Waals surface area contributed by atoms with E-state index in [1.54, 1.807) is 12.1 Å². The van der Waals surface area contributed by atoms with Gasteiger partial charge in [-0.05, 0) is 43.3 Å². The monoisotopic (exact) mass is 316 g/mol. The predicted octanol–water partition coefficient (Wildman–Crippen LogP) is 2.60. The lowest BCUT2D eigenvalue weighted by atomic mass is 10.1. The van der Waals surface area contributed by atoms with E-state index in [2.05, 4.69) is 10.6 Å². The summed E-state index contributed by atoms with van der Waals surface area (Å²) in [6.07, 6.45) is 0. The Labute approximate surface area is 133 Å². The lowest BCUT2D eigenvalue weighted by molar-refractivity contribution is -0.133. The van der Waals surface area contributed by atoms with Crippen molar-refractivity contribution in [3.63, 3.8) is 0 Å². The Morgan fingerprint density at radius 2 is 1.57 bits per heavy atom. The topological polar surface area (TPSA) is 78.4 Å². The fraction of sp³-hybridized carbons (Fsp3) is 0.176. The van der Waals surface area contributed by atoms with Crippen LogP contribution < -0.4 is 10.6 Å². The van der Waals surface area contributed by atoms with Crippen LogP contribution in [0.3, 0.4) is 0 Å². The van der Waals surface area contributed by atoms with Gasteiger partial charge in [-0.1, -0.05) is 18.2 Å². The summed E-state index contributed by atoms with van der Waals surface area (Å²) in [6.45, 7) is -0.0968. The Bertz CT molecular complexity index is 685. The molecular weight excluding hydrogens is 299 g/mol. The Hall–Kier alpha value is -2.73. The normalized spacial score (nSPS) is 13.0. The molecule has 0 spiro atoms. The number of halogens is 1. The molecule has 0 aliphatic heterocycles. The van der Waals surface area contributed by atoms with Gasteiger partial charge in [-0.2, -0.15) is 0 Å². The number of anilines is 2. The second-order valence-corrected chi connectivity index (χ2v) is 5.26. The van der Waals surface area contributed by atoms with Crippen molar-refractivity contribution in [1.82, 2.24) is 0 Å². The molecule has 0 saturated heterocycles. The number of carbonyl (C=O) groups excluding carboxylic acids is 2. The first-order valence-electron chi connectivity index (χ1n) is 6.98. The van der Waals surface area contributed by atoms with Crippen molar-refractivity contribution in [1.29, 1.82) is 0 Å². The minimum atomic E-state index is -2.08. The molecular formula is C17H17FN2O3. The van der Waals surface area contributed by atoms with Gasteiger partial charge in [-0.15, -0.1) is 0 Å². The maximum atomic E-state index is 12.5. The van der Waals surface area contributed by atoms with Crippen LogP contribution in [0.1, 0.15) is 17.3 Å². The molecule has 5 nitrogen and oxygen atoms in total. The first kappa shape index (κ1) is 16.6. The van der Waals surface area contributed by atoms with Crippen LogP contribution in [0.2, 0.25) is 0 Å². The molecule has 2 amide bonds. The van der Waals surface area contributed by atoms with Crippen LogP contribution in [-0.4, -0.2) is 29.2 Å². The van der Waals surface area contributed by atoms with Crippen LogP contribution in [0.5, 0.6) is 0 Å². The molecule has 0 radical (unpaired) electrons. The van der Waals surface area contributed by atoms with Gasteiger partial charge in [0, 0.05) is 16.9 Å². The molecule has 2 rings (SSSR count). The first-order valence-corrected chi connectivity index (χ1v) is 6.98. The second kappa shape index (κ2) is 7.02. The molecule has 0 aliphatic carbocycles. The van der Waals surface area contributed by atoms with Gasteiger partial charge in [0.2, 0.25) is 0 Å². The fourth-order valence-electron chi connectivity index (χ4n) is 1.76. The standard InChI is InChI=1S/C17H17FN2O3/c1-17(23,11-18)16(22)20-14-9-7-12(8-10-14)15(21)19-13-5-3-2-4-6-13/h2-10,23H,11H2,1H3,(H,19,21)(H,20,22). The van der Waals surface area contributed by atoms with E-state index < -0.39 is 18.2 Å². The lowest BCUT2D eigenvalue weighted by Gasteiger charge is -2.18. The van der Waals surface area contributed by atoms with E-state index in [1.807, 2.05) is 18.2 Å². The van der Waals surface area contributed by atoms with E-state index in [9.17, 15) is 19.1 Å². The lowest BCUT2D eigenvalue weighted by Crippen LogP contribution is -2.41. The maximum Gasteiger partial charge on any atom is 0.258 e. The number of carbonyl (C=O) groups is 2. The van der Waals surface area contributed by atoms with Crippen LogP contribution in [0.25, 0.3) is 0 Å². The highest BCUT2D eigenvalue weighted by atomic mass is 19.1. The van der Waals surface area contributed by atoms with E-state index in [0.29, 0.717) is 16.9 Å². The highest BCUT2D eigenvalue weighted by molar-refractivity contribution is 6.04. The summed E-state index contributed by atoms with van der Waals surface area (Å²) in [6, 6.07) is 15.1. The van der Waals surface area contributed by atoms with Crippen LogP contribution >= 0.6 is 0 Å². The Balaban J connectivity index is 2.02. The highest BCUT2D eigenvalue weighted by Crippen LogP contribution is 2.14. The number of benzene rings is 2. The van der Waals surface area contributed by atoms with Gasteiger partial charge in [-0.3, -0.25) is 9.59 Å². The largest absolute Gasteiger partial charge is 0.378 e. The van der Waals surface area contributed by atoms with Crippen LogP contribution in [0, 0.1) is 0 Å².